The van der Waals surface area contributed by atoms with Gasteiger partial charge in [-0.15, -0.1) is 11.3 Å². The summed E-state index contributed by atoms with van der Waals surface area (Å²) in [6, 6.07) is 17.7. The highest BCUT2D eigenvalue weighted by atomic mass is 32.1. The van der Waals surface area contributed by atoms with E-state index >= 15 is 0 Å². The van der Waals surface area contributed by atoms with Gasteiger partial charge >= 0.3 is 0 Å². The molecule has 0 unspecified atom stereocenters. The number of benzene rings is 2. The maximum atomic E-state index is 13.2. The second-order valence-electron chi connectivity index (χ2n) is 7.87. The highest BCUT2D eigenvalue weighted by Crippen LogP contribution is 2.34. The fourth-order valence-corrected chi connectivity index (χ4v) is 5.44. The Bertz CT molecular complexity index is 1050. The van der Waals surface area contributed by atoms with Gasteiger partial charge in [-0.25, -0.2) is 0 Å². The van der Waals surface area contributed by atoms with E-state index in [1.807, 2.05) is 47.4 Å². The predicted octanol–water partition coefficient (Wildman–Crippen LogP) is 4.51. The fraction of sp³-hybridized carbons (Fsp3) is 0.360. The molecule has 1 fully saturated rings. The van der Waals surface area contributed by atoms with E-state index in [9.17, 15) is 9.59 Å². The lowest BCUT2D eigenvalue weighted by Gasteiger charge is -2.36. The van der Waals surface area contributed by atoms with Crippen molar-refractivity contribution in [3.8, 4) is 0 Å². The van der Waals surface area contributed by atoms with E-state index in [-0.39, 0.29) is 17.9 Å². The lowest BCUT2D eigenvalue weighted by Crippen LogP contribution is -2.45. The Hall–Kier alpha value is -2.70. The Labute approximate surface area is 187 Å². The van der Waals surface area contributed by atoms with Gasteiger partial charge in [0.25, 0.3) is 11.8 Å². The lowest BCUT2D eigenvalue weighted by atomic mass is 9.93. The molecule has 31 heavy (non-hydrogen) atoms. The Kier molecular flexibility index (Phi) is 6.99. The maximum absolute atomic E-state index is 13.2. The van der Waals surface area contributed by atoms with Gasteiger partial charge in [-0.05, 0) is 54.8 Å². The number of fused-ring (bicyclic) bond motifs is 1. The van der Waals surface area contributed by atoms with Gasteiger partial charge < -0.3 is 15.0 Å². The molecule has 5 nitrogen and oxygen atoms in total. The number of rotatable bonds is 7. The maximum Gasteiger partial charge on any atom is 0.261 e. The van der Waals surface area contributed by atoms with Crippen LogP contribution in [0, 0.1) is 0 Å². The number of piperidine rings is 1. The van der Waals surface area contributed by atoms with E-state index in [2.05, 4.69) is 17.4 Å². The highest BCUT2D eigenvalue weighted by molar-refractivity contribution is 7.21. The molecule has 1 aromatic heterocycles. The molecule has 2 heterocycles. The minimum atomic E-state index is -0.0648. The molecule has 0 spiro atoms. The van der Waals surface area contributed by atoms with Gasteiger partial charge in [0.05, 0.1) is 11.5 Å². The van der Waals surface area contributed by atoms with Crippen LogP contribution in [0.3, 0.4) is 0 Å². The third-order valence-corrected chi connectivity index (χ3v) is 7.06. The van der Waals surface area contributed by atoms with Crippen LogP contribution < -0.4 is 5.32 Å². The first-order valence-electron chi connectivity index (χ1n) is 10.8. The summed E-state index contributed by atoms with van der Waals surface area (Å²) in [7, 11) is 1.62. The molecule has 4 rings (SSSR count). The van der Waals surface area contributed by atoms with Crippen LogP contribution in [0.5, 0.6) is 0 Å². The summed E-state index contributed by atoms with van der Waals surface area (Å²) in [6.07, 6.45) is 3.76. The van der Waals surface area contributed by atoms with E-state index in [0.717, 1.165) is 51.9 Å². The van der Waals surface area contributed by atoms with Crippen LogP contribution in [0.4, 0.5) is 0 Å². The van der Waals surface area contributed by atoms with E-state index in [4.69, 9.17) is 4.74 Å². The molecule has 1 aliphatic rings. The first kappa shape index (κ1) is 21.5. The third-order valence-electron chi connectivity index (χ3n) is 5.84. The summed E-state index contributed by atoms with van der Waals surface area (Å²) in [6.45, 7) is 1.72. The topological polar surface area (TPSA) is 58.6 Å². The Morgan fingerprint density at radius 2 is 1.87 bits per heavy atom. The van der Waals surface area contributed by atoms with Crippen molar-refractivity contribution in [1.82, 2.24) is 10.2 Å². The molecule has 1 saturated heterocycles. The van der Waals surface area contributed by atoms with Gasteiger partial charge in [-0.3, -0.25) is 9.59 Å². The standard InChI is InChI=1S/C25H28N2O3S/c1-30-16-14-26-24(28)23-21(20-12-5-6-13-22(20)31-23)17-19-11-7-8-15-27(19)25(29)18-9-3-2-4-10-18/h2-6,9-10,12-13,19H,7-8,11,14-17H2,1H3,(H,26,28)/t19-/m1/s1. The van der Waals surface area contributed by atoms with Crippen LogP contribution in [-0.2, 0) is 11.2 Å². The van der Waals surface area contributed by atoms with Crippen molar-refractivity contribution in [2.75, 3.05) is 26.8 Å². The number of ether oxygens (including phenoxy) is 1. The number of thiophene rings is 1. The van der Waals surface area contributed by atoms with Gasteiger partial charge in [0, 0.05) is 36.5 Å². The number of methoxy groups -OCH3 is 1. The molecule has 6 heteroatoms. The van der Waals surface area contributed by atoms with Crippen LogP contribution in [-0.4, -0.2) is 49.6 Å². The van der Waals surface area contributed by atoms with E-state index in [1.165, 1.54) is 11.3 Å². The van der Waals surface area contributed by atoms with Crippen LogP contribution >= 0.6 is 11.3 Å². The average Bonchev–Trinajstić information content (AvgIpc) is 3.18. The number of nitrogens with zero attached hydrogens (tertiary/aromatic N) is 1. The molecular weight excluding hydrogens is 408 g/mol. The molecule has 1 N–H and O–H groups in total. The quantitative estimate of drug-likeness (QED) is 0.554. The Balaban J connectivity index is 1.63. The Morgan fingerprint density at radius 3 is 2.68 bits per heavy atom. The Morgan fingerprint density at radius 1 is 1.10 bits per heavy atom. The molecule has 3 aromatic rings. The summed E-state index contributed by atoms with van der Waals surface area (Å²) in [5, 5.41) is 4.08. The normalized spacial score (nSPS) is 16.4. The van der Waals surface area contributed by atoms with Gasteiger partial charge in [-0.1, -0.05) is 36.4 Å². The number of amides is 2. The van der Waals surface area contributed by atoms with Crippen molar-refractivity contribution in [3.05, 3.63) is 70.6 Å². The SMILES string of the molecule is COCCNC(=O)c1sc2ccccc2c1C[C@H]1CCCCN1C(=O)c1ccccc1. The number of hydrogen-bond donors (Lipinski definition) is 1. The van der Waals surface area contributed by atoms with Crippen molar-refractivity contribution in [1.29, 1.82) is 0 Å². The van der Waals surface area contributed by atoms with Gasteiger partial charge in [-0.2, -0.15) is 0 Å². The van der Waals surface area contributed by atoms with E-state index in [1.54, 1.807) is 7.11 Å². The second kappa shape index (κ2) is 10.1. The molecule has 0 aliphatic carbocycles. The second-order valence-corrected chi connectivity index (χ2v) is 8.93. The number of nitrogens with one attached hydrogen (secondary N) is 1. The van der Waals surface area contributed by atoms with Crippen molar-refractivity contribution in [2.45, 2.75) is 31.7 Å². The monoisotopic (exact) mass is 436 g/mol. The van der Waals surface area contributed by atoms with Crippen LogP contribution in [0.2, 0.25) is 0 Å². The van der Waals surface area contributed by atoms with E-state index in [0.29, 0.717) is 19.6 Å². The van der Waals surface area contributed by atoms with Crippen molar-refractivity contribution < 1.29 is 14.3 Å². The average molecular weight is 437 g/mol. The van der Waals surface area contributed by atoms with Crippen molar-refractivity contribution >= 4 is 33.2 Å². The molecule has 162 valence electrons. The fourth-order valence-electron chi connectivity index (χ4n) is 4.29. The van der Waals surface area contributed by atoms with Crippen LogP contribution in [0.1, 0.15) is 44.9 Å². The molecule has 2 aromatic carbocycles. The molecule has 1 atom stereocenters. The van der Waals surface area contributed by atoms with Gasteiger partial charge in [0.1, 0.15) is 0 Å². The number of hydrogen-bond acceptors (Lipinski definition) is 4. The highest BCUT2D eigenvalue weighted by Gasteiger charge is 2.30. The van der Waals surface area contributed by atoms with Gasteiger partial charge in [0.15, 0.2) is 0 Å². The number of likely N-dealkylation sites (tertiary alicyclic amines) is 1. The summed E-state index contributed by atoms with van der Waals surface area (Å²) in [4.78, 5) is 28.9. The minimum absolute atomic E-state index is 0.0648. The first-order valence-corrected chi connectivity index (χ1v) is 11.6. The molecule has 0 bridgehead atoms. The zero-order chi connectivity index (χ0) is 21.6. The predicted molar refractivity (Wildman–Crippen MR) is 125 cm³/mol. The van der Waals surface area contributed by atoms with Gasteiger partial charge in [0.2, 0.25) is 0 Å². The molecule has 0 radical (unpaired) electrons. The molecule has 1 aliphatic heterocycles. The molecule has 2 amide bonds. The minimum Gasteiger partial charge on any atom is -0.383 e. The summed E-state index contributed by atoms with van der Waals surface area (Å²) in [5.74, 6) is 0.0147. The largest absolute Gasteiger partial charge is 0.383 e. The summed E-state index contributed by atoms with van der Waals surface area (Å²) < 4.78 is 6.17. The summed E-state index contributed by atoms with van der Waals surface area (Å²) >= 11 is 1.53. The van der Waals surface area contributed by atoms with Crippen molar-refractivity contribution in [2.24, 2.45) is 0 Å². The first-order chi connectivity index (χ1) is 15.2. The van der Waals surface area contributed by atoms with Crippen LogP contribution in [0.15, 0.2) is 54.6 Å². The van der Waals surface area contributed by atoms with E-state index < -0.39 is 0 Å². The van der Waals surface area contributed by atoms with Crippen molar-refractivity contribution in [3.63, 3.8) is 0 Å². The molecule has 0 saturated carbocycles. The molecular formula is C25H28N2O3S. The lowest BCUT2D eigenvalue weighted by molar-refractivity contribution is 0.0614. The summed E-state index contributed by atoms with van der Waals surface area (Å²) in [5.41, 5.74) is 1.77. The third kappa shape index (κ3) is 4.81. The zero-order valence-electron chi connectivity index (χ0n) is 17.8. The van der Waals surface area contributed by atoms with Crippen LogP contribution in [0.25, 0.3) is 10.1 Å². The number of carbonyl (C=O) groups is 2. The smallest absolute Gasteiger partial charge is 0.261 e. The zero-order valence-corrected chi connectivity index (χ0v) is 18.6. The number of carbonyl (C=O) groups excluding carboxylic acids is 2.